The Balaban J connectivity index is 0.00000144. The molecule has 6 nitrogen and oxygen atoms in total. The molecule has 0 radical (unpaired) electrons. The summed E-state index contributed by atoms with van der Waals surface area (Å²) < 4.78 is 20.9. The number of nitrogens with zero attached hydrogens (tertiary/aromatic N) is 2. The average Bonchev–Trinajstić information content (AvgIpc) is 3.07. The number of hydrogen-bond acceptors (Lipinski definition) is 4. The van der Waals surface area contributed by atoms with Crippen LogP contribution in [0.4, 0.5) is 4.39 Å². The Kier molecular flexibility index (Phi) is 8.14. The number of rotatable bonds is 4. The summed E-state index contributed by atoms with van der Waals surface area (Å²) >= 11 is 0. The third kappa shape index (κ3) is 4.91. The van der Waals surface area contributed by atoms with Gasteiger partial charge in [0.1, 0.15) is 11.9 Å². The molecular formula is C15H19Cl2FN4O2. The van der Waals surface area contributed by atoms with Crippen LogP contribution < -0.4 is 10.6 Å². The number of halogens is 3. The Labute approximate surface area is 151 Å². The highest BCUT2D eigenvalue weighted by Gasteiger charge is 2.20. The second-order valence-electron chi connectivity index (χ2n) is 5.06. The second-order valence-corrected chi connectivity index (χ2v) is 5.06. The zero-order valence-corrected chi connectivity index (χ0v) is 14.4. The molecule has 132 valence electrons. The largest absolute Gasteiger partial charge is 0.378 e. The predicted octanol–water partition coefficient (Wildman–Crippen LogP) is 1.46. The van der Waals surface area contributed by atoms with E-state index in [0.717, 1.165) is 0 Å². The van der Waals surface area contributed by atoms with Crippen molar-refractivity contribution in [2.75, 3.05) is 19.8 Å². The Hall–Kier alpha value is -1.67. The molecule has 1 atom stereocenters. The van der Waals surface area contributed by atoms with Crippen LogP contribution in [0.3, 0.4) is 0 Å². The van der Waals surface area contributed by atoms with Crippen LogP contribution in [0.15, 0.2) is 36.9 Å². The maximum absolute atomic E-state index is 14.1. The molecule has 2 aromatic rings. The van der Waals surface area contributed by atoms with Crippen LogP contribution in [0.1, 0.15) is 5.56 Å². The first kappa shape index (κ1) is 20.4. The van der Waals surface area contributed by atoms with E-state index in [4.69, 9.17) is 4.74 Å². The number of imidazole rings is 1. The molecule has 0 spiro atoms. The average molecular weight is 377 g/mol. The zero-order valence-electron chi connectivity index (χ0n) is 12.8. The molecular weight excluding hydrogens is 358 g/mol. The summed E-state index contributed by atoms with van der Waals surface area (Å²) in [7, 11) is 0. The van der Waals surface area contributed by atoms with Gasteiger partial charge < -0.3 is 19.9 Å². The third-order valence-electron chi connectivity index (χ3n) is 3.50. The molecule has 9 heteroatoms. The summed E-state index contributed by atoms with van der Waals surface area (Å²) in [6.45, 7) is 1.91. The van der Waals surface area contributed by atoms with Crippen molar-refractivity contribution < 1.29 is 13.9 Å². The number of morpholine rings is 1. The topological polar surface area (TPSA) is 68.2 Å². The van der Waals surface area contributed by atoms with E-state index in [0.29, 0.717) is 31.0 Å². The molecule has 0 saturated carbocycles. The van der Waals surface area contributed by atoms with Gasteiger partial charge in [-0.3, -0.25) is 4.79 Å². The number of nitrogens with one attached hydrogen (secondary N) is 2. The van der Waals surface area contributed by atoms with E-state index in [1.54, 1.807) is 29.1 Å². The van der Waals surface area contributed by atoms with E-state index in [1.165, 1.54) is 12.4 Å². The molecule has 1 aliphatic rings. The van der Waals surface area contributed by atoms with Crippen LogP contribution in [-0.4, -0.2) is 41.3 Å². The van der Waals surface area contributed by atoms with Gasteiger partial charge >= 0.3 is 0 Å². The number of amides is 1. The highest BCUT2D eigenvalue weighted by Crippen LogP contribution is 2.14. The van der Waals surface area contributed by atoms with Gasteiger partial charge in [0.25, 0.3) is 0 Å². The van der Waals surface area contributed by atoms with Gasteiger partial charge in [-0.2, -0.15) is 0 Å². The zero-order chi connectivity index (χ0) is 15.4. The van der Waals surface area contributed by atoms with Gasteiger partial charge in [-0.15, -0.1) is 24.8 Å². The summed E-state index contributed by atoms with van der Waals surface area (Å²) in [6, 6.07) is 4.52. The molecule has 2 heterocycles. The first-order valence-electron chi connectivity index (χ1n) is 7.09. The summed E-state index contributed by atoms with van der Waals surface area (Å²) in [5.41, 5.74) is 1.13. The summed E-state index contributed by atoms with van der Waals surface area (Å²) in [6.07, 6.45) is 4.80. The molecule has 1 aromatic carbocycles. The van der Waals surface area contributed by atoms with Crippen molar-refractivity contribution >= 4 is 30.7 Å². The van der Waals surface area contributed by atoms with Gasteiger partial charge in [0.2, 0.25) is 5.91 Å². The number of benzene rings is 1. The predicted molar refractivity (Wildman–Crippen MR) is 92.5 cm³/mol. The summed E-state index contributed by atoms with van der Waals surface area (Å²) in [4.78, 5) is 15.8. The van der Waals surface area contributed by atoms with Crippen LogP contribution in [0.2, 0.25) is 0 Å². The van der Waals surface area contributed by atoms with E-state index < -0.39 is 0 Å². The standard InChI is InChI=1S/C15H17FN4O2.2ClH/c16-12-7-11(1-2-14(12)20-5-3-17-10-20)8-19-15(21)13-9-22-6-4-18-13;;/h1-3,5,7,10,13,18H,4,6,8-9H2,(H,19,21);2*1H. The van der Waals surface area contributed by atoms with Gasteiger partial charge in [0.05, 0.1) is 25.2 Å². The molecule has 1 saturated heterocycles. The number of aromatic nitrogens is 2. The quantitative estimate of drug-likeness (QED) is 0.847. The second kappa shape index (κ2) is 9.58. The molecule has 2 N–H and O–H groups in total. The van der Waals surface area contributed by atoms with Gasteiger partial charge in [-0.05, 0) is 17.7 Å². The van der Waals surface area contributed by atoms with Crippen LogP contribution in [0.25, 0.3) is 5.69 Å². The van der Waals surface area contributed by atoms with Crippen LogP contribution >= 0.6 is 24.8 Å². The monoisotopic (exact) mass is 376 g/mol. The van der Waals surface area contributed by atoms with Crippen molar-refractivity contribution in [3.05, 3.63) is 48.3 Å². The van der Waals surface area contributed by atoms with Crippen LogP contribution in [0.5, 0.6) is 0 Å². The van der Waals surface area contributed by atoms with E-state index in [2.05, 4.69) is 15.6 Å². The Morgan fingerprint density at radius 1 is 1.46 bits per heavy atom. The highest BCUT2D eigenvalue weighted by atomic mass is 35.5. The van der Waals surface area contributed by atoms with Crippen molar-refractivity contribution in [2.24, 2.45) is 0 Å². The maximum Gasteiger partial charge on any atom is 0.239 e. The van der Waals surface area contributed by atoms with Gasteiger partial charge in [-0.25, -0.2) is 9.37 Å². The van der Waals surface area contributed by atoms with E-state index in [9.17, 15) is 9.18 Å². The fourth-order valence-electron chi connectivity index (χ4n) is 2.32. The van der Waals surface area contributed by atoms with Crippen molar-refractivity contribution in [1.82, 2.24) is 20.2 Å². The maximum atomic E-state index is 14.1. The van der Waals surface area contributed by atoms with E-state index in [-0.39, 0.29) is 49.1 Å². The van der Waals surface area contributed by atoms with Crippen molar-refractivity contribution in [3.8, 4) is 5.69 Å². The SMILES string of the molecule is Cl.Cl.O=C(NCc1ccc(-n2ccnc2)c(F)c1)C1COCCN1. The Bertz CT molecular complexity index is 649. The lowest BCUT2D eigenvalue weighted by atomic mass is 10.2. The fraction of sp³-hybridized carbons (Fsp3) is 0.333. The lowest BCUT2D eigenvalue weighted by Crippen LogP contribution is -2.51. The van der Waals surface area contributed by atoms with E-state index >= 15 is 0 Å². The minimum Gasteiger partial charge on any atom is -0.378 e. The van der Waals surface area contributed by atoms with Crippen molar-refractivity contribution in [1.29, 1.82) is 0 Å². The minimum atomic E-state index is -0.358. The number of ether oxygens (including phenoxy) is 1. The molecule has 0 aliphatic carbocycles. The molecule has 1 unspecified atom stereocenters. The number of hydrogen-bond donors (Lipinski definition) is 2. The lowest BCUT2D eigenvalue weighted by Gasteiger charge is -2.22. The third-order valence-corrected chi connectivity index (χ3v) is 3.50. The normalized spacial score (nSPS) is 16.6. The Morgan fingerprint density at radius 2 is 2.29 bits per heavy atom. The van der Waals surface area contributed by atoms with E-state index in [1.807, 2.05) is 0 Å². The molecule has 1 fully saturated rings. The molecule has 1 aliphatic heterocycles. The molecule has 1 amide bonds. The molecule has 0 bridgehead atoms. The first-order chi connectivity index (χ1) is 10.7. The first-order valence-corrected chi connectivity index (χ1v) is 7.09. The summed E-state index contributed by atoms with van der Waals surface area (Å²) in [5, 5.41) is 5.86. The fourth-order valence-corrected chi connectivity index (χ4v) is 2.32. The summed E-state index contributed by atoms with van der Waals surface area (Å²) in [5.74, 6) is -0.498. The lowest BCUT2D eigenvalue weighted by molar-refractivity contribution is -0.126. The Morgan fingerprint density at radius 3 is 2.92 bits per heavy atom. The minimum absolute atomic E-state index is 0. The smallest absolute Gasteiger partial charge is 0.239 e. The van der Waals surface area contributed by atoms with Gasteiger partial charge in [0.15, 0.2) is 0 Å². The number of carbonyl (C=O) groups is 1. The molecule has 1 aromatic heterocycles. The highest BCUT2D eigenvalue weighted by molar-refractivity contribution is 5.85. The van der Waals surface area contributed by atoms with Gasteiger partial charge in [-0.1, -0.05) is 6.07 Å². The van der Waals surface area contributed by atoms with Crippen LogP contribution in [0, 0.1) is 5.82 Å². The van der Waals surface area contributed by atoms with Crippen molar-refractivity contribution in [3.63, 3.8) is 0 Å². The number of carbonyl (C=O) groups excluding carboxylic acids is 1. The van der Waals surface area contributed by atoms with Crippen molar-refractivity contribution in [2.45, 2.75) is 12.6 Å². The van der Waals surface area contributed by atoms with Gasteiger partial charge in [0, 0.05) is 25.5 Å². The molecule has 3 rings (SSSR count). The molecule has 24 heavy (non-hydrogen) atoms. The van der Waals surface area contributed by atoms with Crippen LogP contribution in [-0.2, 0) is 16.1 Å².